The monoisotopic (exact) mass is 318 g/mol. The minimum Gasteiger partial charge on any atom is -0.262 e. The van der Waals surface area contributed by atoms with Gasteiger partial charge in [-0.1, -0.05) is 18.2 Å². The maximum absolute atomic E-state index is 13.4. The van der Waals surface area contributed by atoms with Gasteiger partial charge in [0.15, 0.2) is 0 Å². The van der Waals surface area contributed by atoms with Gasteiger partial charge in [0.25, 0.3) is 0 Å². The molecular weight excluding hydrogens is 307 g/mol. The van der Waals surface area contributed by atoms with Crippen molar-refractivity contribution >= 4 is 0 Å². The molecule has 7 heteroatoms. The quantitative estimate of drug-likeness (QED) is 0.581. The summed E-state index contributed by atoms with van der Waals surface area (Å²) in [6.45, 7) is 0. The van der Waals surface area contributed by atoms with Gasteiger partial charge in [-0.3, -0.25) is 9.97 Å². The topological polar surface area (TPSA) is 69.4 Å². The summed E-state index contributed by atoms with van der Waals surface area (Å²) >= 11 is 0. The summed E-state index contributed by atoms with van der Waals surface area (Å²) in [5.74, 6) is 0.126. The first kappa shape index (κ1) is 14.1. The molecule has 0 spiro atoms. The standard InChI is InChI=1S/C17H11FN6/c18-14-5-3-4-12(8-14)13-9-15(11-19-10-13)24-22-17(21-23-24)16-6-1-2-7-20-16/h1-11H. The largest absolute Gasteiger partial charge is 0.262 e. The van der Waals surface area contributed by atoms with E-state index in [1.54, 1.807) is 24.7 Å². The van der Waals surface area contributed by atoms with Gasteiger partial charge < -0.3 is 0 Å². The Hall–Kier alpha value is -3.48. The predicted molar refractivity (Wildman–Crippen MR) is 85.6 cm³/mol. The highest BCUT2D eigenvalue weighted by atomic mass is 19.1. The van der Waals surface area contributed by atoms with Gasteiger partial charge in [-0.2, -0.15) is 0 Å². The van der Waals surface area contributed by atoms with E-state index in [1.165, 1.54) is 16.9 Å². The summed E-state index contributed by atoms with van der Waals surface area (Å²) in [5, 5.41) is 12.4. The average molecular weight is 318 g/mol. The molecule has 0 saturated carbocycles. The van der Waals surface area contributed by atoms with E-state index in [1.807, 2.05) is 30.3 Å². The number of nitrogens with zero attached hydrogens (tertiary/aromatic N) is 6. The smallest absolute Gasteiger partial charge is 0.223 e. The molecule has 3 aromatic heterocycles. The molecule has 0 radical (unpaired) electrons. The molecule has 0 bridgehead atoms. The lowest BCUT2D eigenvalue weighted by Crippen LogP contribution is -2.00. The normalized spacial score (nSPS) is 10.7. The van der Waals surface area contributed by atoms with Crippen molar-refractivity contribution in [2.24, 2.45) is 0 Å². The van der Waals surface area contributed by atoms with Crippen LogP contribution in [0.15, 0.2) is 67.1 Å². The Balaban J connectivity index is 1.71. The fourth-order valence-corrected chi connectivity index (χ4v) is 2.28. The van der Waals surface area contributed by atoms with Gasteiger partial charge in [0.05, 0.1) is 6.20 Å². The van der Waals surface area contributed by atoms with E-state index in [-0.39, 0.29) is 5.82 Å². The Morgan fingerprint density at radius 3 is 2.71 bits per heavy atom. The fraction of sp³-hybridized carbons (Fsp3) is 0. The van der Waals surface area contributed by atoms with Gasteiger partial charge in [-0.15, -0.1) is 15.0 Å². The molecular formula is C17H11FN6. The van der Waals surface area contributed by atoms with Crippen molar-refractivity contribution in [1.82, 2.24) is 30.2 Å². The molecule has 116 valence electrons. The summed E-state index contributed by atoms with van der Waals surface area (Å²) in [6.07, 6.45) is 4.95. The van der Waals surface area contributed by atoms with E-state index < -0.39 is 0 Å². The van der Waals surface area contributed by atoms with E-state index in [2.05, 4.69) is 25.4 Å². The first-order valence-electron chi connectivity index (χ1n) is 7.22. The van der Waals surface area contributed by atoms with E-state index in [9.17, 15) is 4.39 Å². The molecule has 4 rings (SSSR count). The van der Waals surface area contributed by atoms with E-state index in [4.69, 9.17) is 0 Å². The van der Waals surface area contributed by atoms with Crippen molar-refractivity contribution in [3.8, 4) is 28.3 Å². The summed E-state index contributed by atoms with van der Waals surface area (Å²) < 4.78 is 13.4. The molecule has 0 aliphatic rings. The molecule has 0 amide bonds. The number of tetrazole rings is 1. The number of rotatable bonds is 3. The summed E-state index contributed by atoms with van der Waals surface area (Å²) in [7, 11) is 0. The van der Waals surface area contributed by atoms with E-state index >= 15 is 0 Å². The molecule has 0 atom stereocenters. The molecule has 1 aromatic carbocycles. The fourth-order valence-electron chi connectivity index (χ4n) is 2.28. The minimum atomic E-state index is -0.297. The van der Waals surface area contributed by atoms with Crippen molar-refractivity contribution < 1.29 is 4.39 Å². The van der Waals surface area contributed by atoms with Crippen molar-refractivity contribution in [2.75, 3.05) is 0 Å². The Morgan fingerprint density at radius 1 is 0.917 bits per heavy atom. The number of pyridine rings is 2. The predicted octanol–water partition coefficient (Wildman–Crippen LogP) is 2.93. The lowest BCUT2D eigenvalue weighted by atomic mass is 10.1. The van der Waals surface area contributed by atoms with Crippen LogP contribution in [0.2, 0.25) is 0 Å². The zero-order valence-electron chi connectivity index (χ0n) is 12.4. The summed E-state index contributed by atoms with van der Waals surface area (Å²) in [4.78, 5) is 9.75. The lowest BCUT2D eigenvalue weighted by molar-refractivity contribution is 0.628. The Morgan fingerprint density at radius 2 is 1.88 bits per heavy atom. The highest BCUT2D eigenvalue weighted by Gasteiger charge is 2.09. The van der Waals surface area contributed by atoms with Crippen LogP contribution in [0, 0.1) is 5.82 Å². The van der Waals surface area contributed by atoms with Crippen LogP contribution >= 0.6 is 0 Å². The number of hydrogen-bond acceptors (Lipinski definition) is 5. The summed E-state index contributed by atoms with van der Waals surface area (Å²) in [6, 6.07) is 13.6. The van der Waals surface area contributed by atoms with Crippen molar-refractivity contribution in [2.45, 2.75) is 0 Å². The van der Waals surface area contributed by atoms with Crippen molar-refractivity contribution in [3.05, 3.63) is 72.9 Å². The molecule has 0 aliphatic heterocycles. The Kier molecular flexibility index (Phi) is 3.51. The van der Waals surface area contributed by atoms with Gasteiger partial charge >= 0.3 is 0 Å². The maximum Gasteiger partial charge on any atom is 0.223 e. The third-order valence-corrected chi connectivity index (χ3v) is 3.42. The molecule has 0 fully saturated rings. The number of aromatic nitrogens is 6. The third-order valence-electron chi connectivity index (χ3n) is 3.42. The number of benzene rings is 1. The second-order valence-electron chi connectivity index (χ2n) is 5.06. The first-order chi connectivity index (χ1) is 11.8. The van der Waals surface area contributed by atoms with Crippen molar-refractivity contribution in [3.63, 3.8) is 0 Å². The molecule has 0 N–H and O–H groups in total. The molecule has 0 aliphatic carbocycles. The number of halogens is 1. The van der Waals surface area contributed by atoms with Crippen LogP contribution in [0.4, 0.5) is 4.39 Å². The van der Waals surface area contributed by atoms with Crippen LogP contribution in [0.1, 0.15) is 0 Å². The molecule has 24 heavy (non-hydrogen) atoms. The second kappa shape index (κ2) is 5.96. The minimum absolute atomic E-state index is 0.297. The SMILES string of the molecule is Fc1cccc(-c2cncc(-n3nnc(-c4ccccn4)n3)c2)c1. The zero-order chi connectivity index (χ0) is 16.4. The highest BCUT2D eigenvalue weighted by Crippen LogP contribution is 2.21. The van der Waals surface area contributed by atoms with Gasteiger partial charge in [0.2, 0.25) is 5.82 Å². The van der Waals surface area contributed by atoms with E-state index in [0.29, 0.717) is 17.2 Å². The third kappa shape index (κ3) is 2.74. The van der Waals surface area contributed by atoms with Crippen LogP contribution < -0.4 is 0 Å². The Bertz CT molecular complexity index is 983. The van der Waals surface area contributed by atoms with Crippen LogP contribution in [0.5, 0.6) is 0 Å². The highest BCUT2D eigenvalue weighted by molar-refractivity contribution is 5.64. The average Bonchev–Trinajstić information content (AvgIpc) is 3.13. The second-order valence-corrected chi connectivity index (χ2v) is 5.06. The van der Waals surface area contributed by atoms with Crippen LogP contribution in [-0.2, 0) is 0 Å². The molecule has 0 saturated heterocycles. The van der Waals surface area contributed by atoms with Gasteiger partial charge in [-0.05, 0) is 41.1 Å². The molecule has 4 aromatic rings. The lowest BCUT2D eigenvalue weighted by Gasteiger charge is -2.03. The molecule has 6 nitrogen and oxygen atoms in total. The van der Waals surface area contributed by atoms with Crippen molar-refractivity contribution in [1.29, 1.82) is 0 Å². The zero-order valence-corrected chi connectivity index (χ0v) is 12.4. The molecule has 3 heterocycles. The van der Waals surface area contributed by atoms with Crippen LogP contribution in [-0.4, -0.2) is 30.2 Å². The van der Waals surface area contributed by atoms with E-state index in [0.717, 1.165) is 11.1 Å². The van der Waals surface area contributed by atoms with Gasteiger partial charge in [-0.25, -0.2) is 4.39 Å². The van der Waals surface area contributed by atoms with Crippen LogP contribution in [0.25, 0.3) is 28.3 Å². The Labute approximate surface area is 136 Å². The van der Waals surface area contributed by atoms with Gasteiger partial charge in [0.1, 0.15) is 17.2 Å². The maximum atomic E-state index is 13.4. The molecule has 0 unspecified atom stereocenters. The van der Waals surface area contributed by atoms with Gasteiger partial charge in [0, 0.05) is 18.0 Å². The summed E-state index contributed by atoms with van der Waals surface area (Å²) in [5.41, 5.74) is 2.77. The first-order valence-corrected chi connectivity index (χ1v) is 7.22. The number of hydrogen-bond donors (Lipinski definition) is 0. The van der Waals surface area contributed by atoms with Crippen LogP contribution in [0.3, 0.4) is 0 Å².